The molecule has 0 atom stereocenters. The molecule has 2 aromatic carbocycles. The fraction of sp³-hybridized carbons (Fsp3) is 0.133. The van der Waals surface area contributed by atoms with Crippen molar-refractivity contribution in [1.29, 1.82) is 0 Å². The summed E-state index contributed by atoms with van der Waals surface area (Å²) in [7, 11) is -4.71. The second kappa shape index (κ2) is 7.60. The van der Waals surface area contributed by atoms with Crippen molar-refractivity contribution in [2.24, 2.45) is 0 Å². The lowest BCUT2D eigenvalue weighted by atomic mass is 10.1. The summed E-state index contributed by atoms with van der Waals surface area (Å²) in [5, 5.41) is 11.9. The van der Waals surface area contributed by atoms with Gasteiger partial charge in [0.15, 0.2) is 5.75 Å². The predicted octanol–water partition coefficient (Wildman–Crippen LogP) is 2.67. The van der Waals surface area contributed by atoms with Gasteiger partial charge < -0.3 is 15.6 Å². The maximum Gasteiger partial charge on any atom is 0.411 e. The second-order valence-corrected chi connectivity index (χ2v) is 6.81. The zero-order chi connectivity index (χ0) is 18.6. The number of hydrogen-bond acceptors (Lipinski definition) is 6. The molecule has 8 nitrogen and oxygen atoms in total. The molecule has 134 valence electrons. The maximum atomic E-state index is 11.8. The van der Waals surface area contributed by atoms with Gasteiger partial charge in [0, 0.05) is 17.1 Å². The zero-order valence-electron chi connectivity index (χ0n) is 12.8. The number of para-hydroxylation sites is 1. The van der Waals surface area contributed by atoms with E-state index < -0.39 is 26.9 Å². The van der Waals surface area contributed by atoms with Crippen molar-refractivity contribution in [2.45, 2.75) is 11.3 Å². The lowest BCUT2D eigenvalue weighted by Gasteiger charge is -2.11. The Hall–Kier alpha value is -2.49. The van der Waals surface area contributed by atoms with Crippen LogP contribution in [0.4, 0.5) is 16.2 Å². The molecule has 0 saturated heterocycles. The molecule has 0 spiro atoms. The third-order valence-corrected chi connectivity index (χ3v) is 4.30. The summed E-state index contributed by atoms with van der Waals surface area (Å²) in [5.74, 6) is -0.851. The minimum atomic E-state index is -4.71. The van der Waals surface area contributed by atoms with Crippen LogP contribution >= 0.6 is 11.6 Å². The first-order valence-electron chi connectivity index (χ1n) is 6.95. The van der Waals surface area contributed by atoms with Crippen molar-refractivity contribution in [3.8, 4) is 5.75 Å². The number of phenols is 1. The van der Waals surface area contributed by atoms with Crippen LogP contribution in [0, 0.1) is 0 Å². The van der Waals surface area contributed by atoms with Crippen molar-refractivity contribution < 1.29 is 27.6 Å². The topological polar surface area (TPSA) is 139 Å². The first kappa shape index (κ1) is 18.8. The van der Waals surface area contributed by atoms with E-state index in [9.17, 15) is 18.3 Å². The standard InChI is InChI=1S/C15H15ClN2O6S/c16-10-7-12(14(19)13(8-10)25(21,22)23)18-15(20)24-6-5-9-3-1-2-4-11(9)17/h1-4,7-8,19H,5-6,17H2,(H,18,20)(H,21,22,23). The summed E-state index contributed by atoms with van der Waals surface area (Å²) >= 11 is 5.72. The molecular weight excluding hydrogens is 372 g/mol. The van der Waals surface area contributed by atoms with Gasteiger partial charge in [0.2, 0.25) is 0 Å². The van der Waals surface area contributed by atoms with Crippen LogP contribution in [-0.2, 0) is 21.3 Å². The minimum absolute atomic E-state index is 0.00648. The zero-order valence-corrected chi connectivity index (χ0v) is 14.3. The Morgan fingerprint density at radius 1 is 1.28 bits per heavy atom. The minimum Gasteiger partial charge on any atom is -0.504 e. The summed E-state index contributed by atoms with van der Waals surface area (Å²) in [4.78, 5) is 11.0. The third-order valence-electron chi connectivity index (χ3n) is 3.21. The van der Waals surface area contributed by atoms with Gasteiger partial charge >= 0.3 is 6.09 Å². The lowest BCUT2D eigenvalue weighted by molar-refractivity contribution is 0.163. The summed E-state index contributed by atoms with van der Waals surface area (Å²) in [5.41, 5.74) is 6.82. The molecule has 0 fully saturated rings. The molecule has 0 saturated carbocycles. The first-order valence-corrected chi connectivity index (χ1v) is 8.77. The Labute approximate surface area is 148 Å². The molecule has 0 aliphatic carbocycles. The third kappa shape index (κ3) is 4.99. The van der Waals surface area contributed by atoms with Crippen LogP contribution < -0.4 is 11.1 Å². The molecule has 0 aliphatic rings. The van der Waals surface area contributed by atoms with Crippen molar-refractivity contribution in [3.05, 3.63) is 47.0 Å². The highest BCUT2D eigenvalue weighted by Crippen LogP contribution is 2.34. The van der Waals surface area contributed by atoms with Crippen LogP contribution in [0.15, 0.2) is 41.3 Å². The monoisotopic (exact) mass is 386 g/mol. The molecule has 5 N–H and O–H groups in total. The van der Waals surface area contributed by atoms with E-state index in [1.54, 1.807) is 24.3 Å². The first-order chi connectivity index (χ1) is 11.7. The van der Waals surface area contributed by atoms with Gasteiger partial charge in [-0.3, -0.25) is 9.87 Å². The maximum absolute atomic E-state index is 11.8. The van der Waals surface area contributed by atoms with Crippen LogP contribution in [-0.4, -0.2) is 30.8 Å². The number of nitrogens with one attached hydrogen (secondary N) is 1. The van der Waals surface area contributed by atoms with Crippen molar-refractivity contribution in [3.63, 3.8) is 0 Å². The Morgan fingerprint density at radius 3 is 2.60 bits per heavy atom. The number of halogens is 1. The van der Waals surface area contributed by atoms with E-state index in [2.05, 4.69) is 5.32 Å². The average Bonchev–Trinajstić information content (AvgIpc) is 2.51. The number of anilines is 2. The van der Waals surface area contributed by atoms with E-state index >= 15 is 0 Å². The van der Waals surface area contributed by atoms with Crippen molar-refractivity contribution >= 4 is 39.2 Å². The molecular formula is C15H15ClN2O6S. The number of nitrogens with two attached hydrogens (primary N) is 1. The number of carbonyl (C=O) groups is 1. The van der Waals surface area contributed by atoms with E-state index in [1.165, 1.54) is 0 Å². The van der Waals surface area contributed by atoms with Crippen LogP contribution in [0.2, 0.25) is 5.02 Å². The quantitative estimate of drug-likeness (QED) is 0.352. The summed E-state index contributed by atoms with van der Waals surface area (Å²) < 4.78 is 36.4. The Kier molecular flexibility index (Phi) is 5.73. The number of phenolic OH excluding ortho intramolecular Hbond substituents is 1. The SMILES string of the molecule is Nc1ccccc1CCOC(=O)Nc1cc(Cl)cc(S(=O)(=O)O)c1O. The molecule has 0 bridgehead atoms. The fourth-order valence-corrected chi connectivity index (χ4v) is 2.94. The smallest absolute Gasteiger partial charge is 0.411 e. The number of ether oxygens (including phenoxy) is 1. The Balaban J connectivity index is 2.04. The van der Waals surface area contributed by atoms with Crippen LogP contribution in [0.25, 0.3) is 0 Å². The normalized spacial score (nSPS) is 11.1. The van der Waals surface area contributed by atoms with Gasteiger partial charge in [-0.15, -0.1) is 0 Å². The molecule has 10 heteroatoms. The van der Waals surface area contributed by atoms with Gasteiger partial charge in [-0.05, 0) is 23.8 Å². The van der Waals surface area contributed by atoms with Gasteiger partial charge in [-0.2, -0.15) is 8.42 Å². The largest absolute Gasteiger partial charge is 0.504 e. The molecule has 25 heavy (non-hydrogen) atoms. The fourth-order valence-electron chi connectivity index (χ4n) is 2.03. The van der Waals surface area contributed by atoms with Gasteiger partial charge in [-0.25, -0.2) is 4.79 Å². The van der Waals surface area contributed by atoms with E-state index in [4.69, 9.17) is 26.6 Å². The molecule has 0 aliphatic heterocycles. The van der Waals surface area contributed by atoms with E-state index in [1.807, 2.05) is 0 Å². The summed E-state index contributed by atoms with van der Waals surface area (Å²) in [6.45, 7) is 0.00648. The van der Waals surface area contributed by atoms with Crippen LogP contribution in [0.3, 0.4) is 0 Å². The predicted molar refractivity (Wildman–Crippen MR) is 92.5 cm³/mol. The van der Waals surface area contributed by atoms with Gasteiger partial charge in [0.05, 0.1) is 12.3 Å². The molecule has 1 amide bonds. The highest BCUT2D eigenvalue weighted by molar-refractivity contribution is 7.86. The molecule has 2 aromatic rings. The number of nitrogen functional groups attached to an aromatic ring is 1. The summed E-state index contributed by atoms with van der Waals surface area (Å²) in [6, 6.07) is 9.05. The number of aromatic hydroxyl groups is 1. The van der Waals surface area contributed by atoms with Crippen LogP contribution in [0.5, 0.6) is 5.75 Å². The average molecular weight is 387 g/mol. The van der Waals surface area contributed by atoms with Gasteiger partial charge in [-0.1, -0.05) is 29.8 Å². The molecule has 0 heterocycles. The lowest BCUT2D eigenvalue weighted by Crippen LogP contribution is -2.16. The Morgan fingerprint density at radius 2 is 1.96 bits per heavy atom. The number of rotatable bonds is 5. The number of benzene rings is 2. The molecule has 0 unspecified atom stereocenters. The van der Waals surface area contributed by atoms with Crippen molar-refractivity contribution in [1.82, 2.24) is 0 Å². The molecule has 2 rings (SSSR count). The van der Waals surface area contributed by atoms with Crippen molar-refractivity contribution in [2.75, 3.05) is 17.7 Å². The van der Waals surface area contributed by atoms with E-state index in [0.29, 0.717) is 12.1 Å². The highest BCUT2D eigenvalue weighted by Gasteiger charge is 2.21. The summed E-state index contributed by atoms with van der Waals surface area (Å²) in [6.07, 6.45) is -0.564. The second-order valence-electron chi connectivity index (χ2n) is 4.98. The number of carbonyl (C=O) groups excluding carboxylic acids is 1. The Bertz CT molecular complexity index is 901. The van der Waals surface area contributed by atoms with Gasteiger partial charge in [0.1, 0.15) is 4.90 Å². The van der Waals surface area contributed by atoms with Crippen LogP contribution in [0.1, 0.15) is 5.56 Å². The molecule has 0 aromatic heterocycles. The van der Waals surface area contributed by atoms with Gasteiger partial charge in [0.25, 0.3) is 10.1 Å². The number of hydrogen-bond donors (Lipinski definition) is 4. The molecule has 0 radical (unpaired) electrons. The van der Waals surface area contributed by atoms with E-state index in [0.717, 1.165) is 17.7 Å². The number of amides is 1. The van der Waals surface area contributed by atoms with E-state index in [-0.39, 0.29) is 17.3 Å². The highest BCUT2D eigenvalue weighted by atomic mass is 35.5.